The van der Waals surface area contributed by atoms with E-state index in [1.807, 2.05) is 0 Å². The molecular weight excluding hydrogens is 807 g/mol. The molecule has 12 aromatic rings. The summed E-state index contributed by atoms with van der Waals surface area (Å²) >= 11 is 0. The molecule has 67 heavy (non-hydrogen) atoms. The molecule has 0 aliphatic carbocycles. The van der Waals surface area contributed by atoms with E-state index in [9.17, 15) is 0 Å². The van der Waals surface area contributed by atoms with E-state index in [1.54, 1.807) is 0 Å². The fourth-order valence-corrected chi connectivity index (χ4v) is 12.3. The van der Waals surface area contributed by atoms with Crippen molar-refractivity contribution in [1.82, 2.24) is 0 Å². The lowest BCUT2D eigenvalue weighted by molar-refractivity contribution is 0.598. The van der Waals surface area contributed by atoms with Crippen molar-refractivity contribution in [2.24, 2.45) is 0 Å². The summed E-state index contributed by atoms with van der Waals surface area (Å²) < 4.78 is 0. The Hall–Kier alpha value is -8.00. The highest BCUT2D eigenvalue weighted by Crippen LogP contribution is 2.62. The molecular formula is C66H47N. The lowest BCUT2D eigenvalue weighted by Gasteiger charge is -2.50. The minimum absolute atomic E-state index is 0.335. The monoisotopic (exact) mass is 853 g/mol. The minimum Gasteiger partial charge on any atom is -0.309 e. The van der Waals surface area contributed by atoms with Gasteiger partial charge in [0.1, 0.15) is 0 Å². The maximum atomic E-state index is 2.62. The molecule has 0 radical (unpaired) electrons. The predicted octanol–water partition coefficient (Wildman–Crippen LogP) is 18.4. The van der Waals surface area contributed by atoms with E-state index in [4.69, 9.17) is 0 Å². The first-order valence-electron chi connectivity index (χ1n) is 23.7. The summed E-state index contributed by atoms with van der Waals surface area (Å²) in [7, 11) is 0. The lowest BCUT2D eigenvalue weighted by atomic mass is 9.65. The molecule has 12 aromatic carbocycles. The van der Waals surface area contributed by atoms with Gasteiger partial charge in [0.15, 0.2) is 0 Å². The average molecular weight is 854 g/mol. The van der Waals surface area contributed by atoms with Crippen LogP contribution in [0.15, 0.2) is 212 Å². The van der Waals surface area contributed by atoms with Gasteiger partial charge in [-0.2, -0.15) is 0 Å². The Labute approximate surface area is 391 Å². The van der Waals surface area contributed by atoms with Gasteiger partial charge in [-0.05, 0) is 175 Å². The second-order valence-electron chi connectivity index (χ2n) is 20.0. The molecule has 1 heteroatoms. The summed E-state index contributed by atoms with van der Waals surface area (Å²) in [4.78, 5) is 2.62. The van der Waals surface area contributed by atoms with Crippen LogP contribution in [0.1, 0.15) is 49.9 Å². The second-order valence-corrected chi connectivity index (χ2v) is 20.0. The van der Waals surface area contributed by atoms with E-state index in [1.165, 1.54) is 137 Å². The first kappa shape index (κ1) is 38.3. The van der Waals surface area contributed by atoms with Crippen LogP contribution in [-0.2, 0) is 10.8 Å². The summed E-state index contributed by atoms with van der Waals surface area (Å²) in [6.07, 6.45) is 0. The molecule has 0 bridgehead atoms. The van der Waals surface area contributed by atoms with Crippen molar-refractivity contribution < 1.29 is 0 Å². The number of nitrogens with zero attached hydrogens (tertiary/aromatic N) is 1. The third kappa shape index (κ3) is 5.37. The zero-order chi connectivity index (χ0) is 44.8. The molecule has 14 rings (SSSR count). The zero-order valence-corrected chi connectivity index (χ0v) is 38.2. The number of anilines is 3. The number of fused-ring (bicyclic) bond motifs is 13. The Morgan fingerprint density at radius 1 is 0.269 bits per heavy atom. The number of rotatable bonds is 3. The number of benzene rings is 12. The maximum Gasteiger partial charge on any atom is 0.0544 e. The van der Waals surface area contributed by atoms with Crippen molar-refractivity contribution in [2.45, 2.75) is 38.5 Å². The molecule has 316 valence electrons. The van der Waals surface area contributed by atoms with Crippen molar-refractivity contribution in [1.29, 1.82) is 0 Å². The van der Waals surface area contributed by atoms with E-state index in [0.717, 1.165) is 0 Å². The molecule has 0 amide bonds. The van der Waals surface area contributed by atoms with Crippen molar-refractivity contribution in [3.8, 4) is 33.4 Å². The molecule has 0 fully saturated rings. The van der Waals surface area contributed by atoms with Gasteiger partial charge in [-0.3, -0.25) is 0 Å². The van der Waals surface area contributed by atoms with Gasteiger partial charge >= 0.3 is 0 Å². The van der Waals surface area contributed by atoms with Crippen LogP contribution in [0.5, 0.6) is 0 Å². The quantitative estimate of drug-likeness (QED) is 0.160. The molecule has 0 atom stereocenters. The highest BCUT2D eigenvalue weighted by atomic mass is 15.2. The van der Waals surface area contributed by atoms with Gasteiger partial charge in [-0.25, -0.2) is 0 Å². The van der Waals surface area contributed by atoms with E-state index in [-0.39, 0.29) is 10.8 Å². The molecule has 0 unspecified atom stereocenters. The van der Waals surface area contributed by atoms with Crippen molar-refractivity contribution in [3.05, 3.63) is 235 Å². The molecule has 0 spiro atoms. The standard InChI is InChI=1S/C66H47N/c1-65(2)58-36-43(55-33-40-17-5-8-20-46(40)49-23-11-14-26-52(49)55)29-31-62(58)67-63-32-30-44(56-34-41-18-6-9-21-47(41)50-24-12-15-27-53(50)56)37-59(63)66(3,4)61-39-45(38-60(65)64(61)67)57-35-42-19-7-10-22-48(42)51-25-13-16-28-54(51)57/h5-39H,1-4H3. The van der Waals surface area contributed by atoms with E-state index in [0.29, 0.717) is 0 Å². The van der Waals surface area contributed by atoms with Crippen LogP contribution in [0, 0.1) is 0 Å². The largest absolute Gasteiger partial charge is 0.309 e. The summed E-state index contributed by atoms with van der Waals surface area (Å²) in [5.41, 5.74) is 16.1. The Morgan fingerprint density at radius 2 is 0.567 bits per heavy atom. The van der Waals surface area contributed by atoms with Gasteiger partial charge in [0.2, 0.25) is 0 Å². The minimum atomic E-state index is -0.335. The van der Waals surface area contributed by atoms with Gasteiger partial charge in [0.05, 0.1) is 17.1 Å². The Kier molecular flexibility index (Phi) is 7.87. The van der Waals surface area contributed by atoms with Gasteiger partial charge in [0.25, 0.3) is 0 Å². The van der Waals surface area contributed by atoms with E-state index in [2.05, 4.69) is 245 Å². The lowest BCUT2D eigenvalue weighted by Crippen LogP contribution is -2.38. The van der Waals surface area contributed by atoms with Crippen molar-refractivity contribution in [2.75, 3.05) is 4.90 Å². The van der Waals surface area contributed by atoms with Crippen LogP contribution >= 0.6 is 0 Å². The zero-order valence-electron chi connectivity index (χ0n) is 38.2. The second kappa shape index (κ2) is 13.8. The maximum absolute atomic E-state index is 2.62. The summed E-state index contributed by atoms with van der Waals surface area (Å²) in [5, 5.41) is 15.4. The SMILES string of the molecule is CC1(C)c2cc(-c3cc4ccccc4c4ccccc34)ccc2N2c3ccc(-c4cc5ccccc5c5ccccc45)cc3C(C)(C)c3cc(-c4cc5ccccc5c5ccccc45)cc1c32. The molecule has 0 saturated carbocycles. The smallest absolute Gasteiger partial charge is 0.0544 e. The third-order valence-corrected chi connectivity index (χ3v) is 15.7. The van der Waals surface area contributed by atoms with Gasteiger partial charge in [-0.15, -0.1) is 0 Å². The Balaban J connectivity index is 1.05. The Bertz CT molecular complexity index is 3910. The number of hydrogen-bond donors (Lipinski definition) is 0. The molecule has 0 aromatic heterocycles. The molecule has 2 aliphatic rings. The number of hydrogen-bond acceptors (Lipinski definition) is 1. The van der Waals surface area contributed by atoms with E-state index < -0.39 is 0 Å². The molecule has 1 nitrogen and oxygen atoms in total. The fourth-order valence-electron chi connectivity index (χ4n) is 12.3. The molecule has 0 saturated heterocycles. The Morgan fingerprint density at radius 3 is 0.940 bits per heavy atom. The van der Waals surface area contributed by atoms with Crippen molar-refractivity contribution in [3.63, 3.8) is 0 Å². The van der Waals surface area contributed by atoms with Crippen LogP contribution in [0.25, 0.3) is 98.0 Å². The fraction of sp³-hybridized carbons (Fsp3) is 0.0909. The topological polar surface area (TPSA) is 3.24 Å². The van der Waals surface area contributed by atoms with Crippen LogP contribution < -0.4 is 4.90 Å². The van der Waals surface area contributed by atoms with Crippen molar-refractivity contribution >= 4 is 81.7 Å². The van der Waals surface area contributed by atoms with E-state index >= 15 is 0 Å². The first-order valence-corrected chi connectivity index (χ1v) is 23.7. The summed E-state index contributed by atoms with van der Waals surface area (Å²) in [6, 6.07) is 80.3. The van der Waals surface area contributed by atoms with Gasteiger partial charge < -0.3 is 4.90 Å². The van der Waals surface area contributed by atoms with Crippen LogP contribution in [0.2, 0.25) is 0 Å². The van der Waals surface area contributed by atoms with Crippen LogP contribution in [-0.4, -0.2) is 0 Å². The normalized spacial score (nSPS) is 14.5. The molecule has 2 heterocycles. The summed E-state index contributed by atoms with van der Waals surface area (Å²) in [5.74, 6) is 0. The van der Waals surface area contributed by atoms with Gasteiger partial charge in [0, 0.05) is 10.8 Å². The highest BCUT2D eigenvalue weighted by Gasteiger charge is 2.46. The van der Waals surface area contributed by atoms with Crippen LogP contribution in [0.3, 0.4) is 0 Å². The molecule has 2 aliphatic heterocycles. The average Bonchev–Trinajstić information content (AvgIpc) is 3.37. The third-order valence-electron chi connectivity index (χ3n) is 15.7. The first-order chi connectivity index (χ1) is 32.7. The van der Waals surface area contributed by atoms with Crippen LogP contribution in [0.4, 0.5) is 17.1 Å². The highest BCUT2D eigenvalue weighted by molar-refractivity contribution is 6.16. The predicted molar refractivity (Wildman–Crippen MR) is 287 cm³/mol. The van der Waals surface area contributed by atoms with Gasteiger partial charge in [-0.1, -0.05) is 185 Å². The molecule has 0 N–H and O–H groups in total. The summed E-state index contributed by atoms with van der Waals surface area (Å²) in [6.45, 7) is 9.83.